The maximum Gasteiger partial charge on any atom is 0.129 e. The number of benzene rings is 1. The molecule has 1 aliphatic rings. The molecular formula is C17H24BrN5. The predicted molar refractivity (Wildman–Crippen MR) is 97.7 cm³/mol. The quantitative estimate of drug-likeness (QED) is 0.887. The summed E-state index contributed by atoms with van der Waals surface area (Å²) in [6, 6.07) is 10.8. The van der Waals surface area contributed by atoms with E-state index >= 15 is 0 Å². The highest BCUT2D eigenvalue weighted by Gasteiger charge is 2.28. The van der Waals surface area contributed by atoms with Crippen molar-refractivity contribution in [2.75, 3.05) is 37.6 Å². The van der Waals surface area contributed by atoms with Gasteiger partial charge in [-0.2, -0.15) is 0 Å². The third-order valence-electron chi connectivity index (χ3n) is 4.73. The molecule has 1 unspecified atom stereocenters. The molecular weight excluding hydrogens is 354 g/mol. The average Bonchev–Trinajstić information content (AvgIpc) is 2.83. The first-order chi connectivity index (χ1) is 11.1. The van der Waals surface area contributed by atoms with E-state index in [0.29, 0.717) is 6.54 Å². The number of piperazine rings is 1. The number of rotatable bonds is 4. The van der Waals surface area contributed by atoms with Crippen molar-refractivity contribution in [2.45, 2.75) is 13.0 Å². The van der Waals surface area contributed by atoms with Crippen LogP contribution in [0.25, 0.3) is 0 Å². The van der Waals surface area contributed by atoms with Crippen LogP contribution < -0.4 is 10.6 Å². The monoisotopic (exact) mass is 377 g/mol. The zero-order valence-corrected chi connectivity index (χ0v) is 15.3. The number of hydrogen-bond acceptors (Lipinski definition) is 4. The lowest BCUT2D eigenvalue weighted by Gasteiger charge is -2.40. The molecule has 0 radical (unpaired) electrons. The van der Waals surface area contributed by atoms with Gasteiger partial charge in [0.1, 0.15) is 10.4 Å². The Morgan fingerprint density at radius 1 is 1.17 bits per heavy atom. The molecule has 1 fully saturated rings. The molecule has 3 rings (SSSR count). The van der Waals surface area contributed by atoms with Gasteiger partial charge in [0.05, 0.1) is 11.7 Å². The van der Waals surface area contributed by atoms with Gasteiger partial charge < -0.3 is 15.2 Å². The number of aryl methyl sites for hydroxylation is 1. The summed E-state index contributed by atoms with van der Waals surface area (Å²) < 4.78 is 3.06. The molecule has 2 N–H and O–H groups in total. The van der Waals surface area contributed by atoms with Crippen LogP contribution in [0.5, 0.6) is 0 Å². The Balaban J connectivity index is 1.73. The van der Waals surface area contributed by atoms with E-state index in [2.05, 4.69) is 72.7 Å². The first kappa shape index (κ1) is 16.5. The molecule has 23 heavy (non-hydrogen) atoms. The minimum atomic E-state index is 0.202. The van der Waals surface area contributed by atoms with Crippen molar-refractivity contribution >= 4 is 21.6 Å². The maximum absolute atomic E-state index is 6.11. The van der Waals surface area contributed by atoms with Gasteiger partial charge in [-0.05, 0) is 35.0 Å². The van der Waals surface area contributed by atoms with E-state index < -0.39 is 0 Å². The second-order valence-corrected chi connectivity index (χ2v) is 6.76. The summed E-state index contributed by atoms with van der Waals surface area (Å²) in [7, 11) is 2.06. The fourth-order valence-corrected chi connectivity index (χ4v) is 4.10. The summed E-state index contributed by atoms with van der Waals surface area (Å²) in [6.07, 6.45) is 0. The van der Waals surface area contributed by atoms with Crippen LogP contribution in [-0.4, -0.2) is 47.2 Å². The smallest absolute Gasteiger partial charge is 0.129 e. The van der Waals surface area contributed by atoms with Crippen molar-refractivity contribution in [1.29, 1.82) is 0 Å². The molecule has 0 bridgehead atoms. The molecule has 0 amide bonds. The molecule has 1 atom stereocenters. The van der Waals surface area contributed by atoms with Gasteiger partial charge in [0.15, 0.2) is 0 Å². The Hall–Kier alpha value is -1.37. The molecule has 1 aliphatic heterocycles. The van der Waals surface area contributed by atoms with E-state index in [1.807, 2.05) is 6.92 Å². The summed E-state index contributed by atoms with van der Waals surface area (Å²) in [5, 5.41) is 0. The zero-order chi connectivity index (χ0) is 16.4. The van der Waals surface area contributed by atoms with E-state index in [-0.39, 0.29) is 6.04 Å². The summed E-state index contributed by atoms with van der Waals surface area (Å²) >= 11 is 3.60. The molecule has 124 valence electrons. The third kappa shape index (κ3) is 3.29. The van der Waals surface area contributed by atoms with E-state index in [0.717, 1.165) is 36.6 Å². The van der Waals surface area contributed by atoms with Gasteiger partial charge in [0.25, 0.3) is 0 Å². The summed E-state index contributed by atoms with van der Waals surface area (Å²) in [6.45, 7) is 6.68. The zero-order valence-electron chi connectivity index (χ0n) is 13.7. The highest BCUT2D eigenvalue weighted by molar-refractivity contribution is 9.10. The lowest BCUT2D eigenvalue weighted by molar-refractivity contribution is 0.183. The topological polar surface area (TPSA) is 50.3 Å². The molecule has 1 aromatic heterocycles. The van der Waals surface area contributed by atoms with Crippen LogP contribution in [0.4, 0.5) is 5.69 Å². The van der Waals surface area contributed by atoms with Gasteiger partial charge in [-0.3, -0.25) is 4.90 Å². The van der Waals surface area contributed by atoms with Gasteiger partial charge in [-0.1, -0.05) is 18.2 Å². The number of nitrogens with zero attached hydrogens (tertiary/aromatic N) is 4. The molecule has 5 nitrogen and oxygen atoms in total. The number of para-hydroxylation sites is 1. The van der Waals surface area contributed by atoms with Crippen LogP contribution in [0.15, 0.2) is 34.9 Å². The predicted octanol–water partition coefficient (Wildman–Crippen LogP) is 2.31. The van der Waals surface area contributed by atoms with Crippen molar-refractivity contribution in [3.05, 3.63) is 46.5 Å². The molecule has 2 heterocycles. The van der Waals surface area contributed by atoms with Crippen LogP contribution in [0.2, 0.25) is 0 Å². The number of aromatic nitrogens is 2. The Kier molecular flexibility index (Phi) is 5.04. The third-order valence-corrected chi connectivity index (χ3v) is 5.32. The van der Waals surface area contributed by atoms with Crippen LogP contribution in [0, 0.1) is 6.92 Å². The summed E-state index contributed by atoms with van der Waals surface area (Å²) in [4.78, 5) is 9.43. The standard InChI is InChI=1S/C17H24BrN5/c1-13-20-17(18)16(21(13)2)15(12-19)23-10-8-22(9-11-23)14-6-4-3-5-7-14/h3-7,15H,8-12,19H2,1-2H3. The number of halogens is 1. The highest BCUT2D eigenvalue weighted by Crippen LogP contribution is 2.29. The van der Waals surface area contributed by atoms with Crippen LogP contribution in [-0.2, 0) is 7.05 Å². The highest BCUT2D eigenvalue weighted by atomic mass is 79.9. The lowest BCUT2D eigenvalue weighted by atomic mass is 10.1. The number of nitrogens with two attached hydrogens (primary N) is 1. The van der Waals surface area contributed by atoms with Crippen molar-refractivity contribution in [2.24, 2.45) is 12.8 Å². The van der Waals surface area contributed by atoms with Crippen LogP contribution in [0.3, 0.4) is 0 Å². The molecule has 6 heteroatoms. The largest absolute Gasteiger partial charge is 0.369 e. The molecule has 1 aromatic carbocycles. The Morgan fingerprint density at radius 3 is 2.35 bits per heavy atom. The number of hydrogen-bond donors (Lipinski definition) is 1. The van der Waals surface area contributed by atoms with Crippen LogP contribution in [0.1, 0.15) is 17.6 Å². The Bertz CT molecular complexity index is 647. The molecule has 1 saturated heterocycles. The minimum Gasteiger partial charge on any atom is -0.369 e. The fourth-order valence-electron chi connectivity index (χ4n) is 3.31. The first-order valence-electron chi connectivity index (χ1n) is 8.04. The maximum atomic E-state index is 6.11. The second-order valence-electron chi connectivity index (χ2n) is 6.00. The van der Waals surface area contributed by atoms with E-state index in [1.165, 1.54) is 11.4 Å². The van der Waals surface area contributed by atoms with Gasteiger partial charge in [0.2, 0.25) is 0 Å². The fraction of sp³-hybridized carbons (Fsp3) is 0.471. The van der Waals surface area contributed by atoms with Gasteiger partial charge in [-0.15, -0.1) is 0 Å². The Morgan fingerprint density at radius 2 is 1.83 bits per heavy atom. The number of imidazole rings is 1. The first-order valence-corrected chi connectivity index (χ1v) is 8.84. The van der Waals surface area contributed by atoms with Crippen molar-refractivity contribution in [3.63, 3.8) is 0 Å². The van der Waals surface area contributed by atoms with E-state index in [4.69, 9.17) is 5.73 Å². The minimum absolute atomic E-state index is 0.202. The van der Waals surface area contributed by atoms with Gasteiger partial charge in [-0.25, -0.2) is 4.98 Å². The van der Waals surface area contributed by atoms with Gasteiger partial charge in [0, 0.05) is 45.5 Å². The normalized spacial score (nSPS) is 17.5. The van der Waals surface area contributed by atoms with Gasteiger partial charge >= 0.3 is 0 Å². The number of anilines is 1. The van der Waals surface area contributed by atoms with Crippen molar-refractivity contribution < 1.29 is 0 Å². The van der Waals surface area contributed by atoms with E-state index in [1.54, 1.807) is 0 Å². The average molecular weight is 378 g/mol. The molecule has 0 aliphatic carbocycles. The van der Waals surface area contributed by atoms with Crippen molar-refractivity contribution in [1.82, 2.24) is 14.5 Å². The van der Waals surface area contributed by atoms with Crippen molar-refractivity contribution in [3.8, 4) is 0 Å². The molecule has 2 aromatic rings. The molecule has 0 spiro atoms. The lowest BCUT2D eigenvalue weighted by Crippen LogP contribution is -2.49. The summed E-state index contributed by atoms with van der Waals surface area (Å²) in [5.41, 5.74) is 8.59. The summed E-state index contributed by atoms with van der Waals surface area (Å²) in [5.74, 6) is 1.01. The molecule has 0 saturated carbocycles. The van der Waals surface area contributed by atoms with E-state index in [9.17, 15) is 0 Å². The second kappa shape index (κ2) is 7.03. The Labute approximate surface area is 146 Å². The van der Waals surface area contributed by atoms with Crippen LogP contribution >= 0.6 is 15.9 Å². The SMILES string of the molecule is Cc1nc(Br)c(C(CN)N2CCN(c3ccccc3)CC2)n1C.